The van der Waals surface area contributed by atoms with E-state index >= 15 is 0 Å². The number of hydrogen-bond acceptors (Lipinski definition) is 5. The number of benzene rings is 2. The molecule has 2 aliphatic rings. The minimum Gasteiger partial charge on any atom is -0.497 e. The SMILES string of the molecule is CCC1(c2ccc(OC)cc2F)Oc2ccc(C(=O)N3CCOCC3)cc2O1. The van der Waals surface area contributed by atoms with E-state index in [1.807, 2.05) is 6.92 Å². The Labute approximate surface area is 162 Å². The largest absolute Gasteiger partial charge is 0.497 e. The second kappa shape index (κ2) is 7.31. The number of amides is 1. The number of methoxy groups -OCH3 is 1. The highest BCUT2D eigenvalue weighted by molar-refractivity contribution is 5.95. The first-order valence-corrected chi connectivity index (χ1v) is 9.29. The molecule has 1 saturated heterocycles. The average Bonchev–Trinajstić information content (AvgIpc) is 3.12. The molecule has 1 unspecified atom stereocenters. The molecular formula is C21H22FNO5. The van der Waals surface area contributed by atoms with Crippen molar-refractivity contribution in [3.8, 4) is 17.2 Å². The van der Waals surface area contributed by atoms with Crippen LogP contribution in [0.5, 0.6) is 17.2 Å². The summed E-state index contributed by atoms with van der Waals surface area (Å²) in [5.41, 5.74) is 0.791. The molecular weight excluding hydrogens is 365 g/mol. The van der Waals surface area contributed by atoms with Gasteiger partial charge in [-0.15, -0.1) is 0 Å². The summed E-state index contributed by atoms with van der Waals surface area (Å²) in [7, 11) is 1.48. The minimum absolute atomic E-state index is 0.0840. The lowest BCUT2D eigenvalue weighted by Gasteiger charge is -2.27. The number of carbonyl (C=O) groups excluding carboxylic acids is 1. The van der Waals surface area contributed by atoms with E-state index in [9.17, 15) is 9.18 Å². The lowest BCUT2D eigenvalue weighted by molar-refractivity contribution is -0.0917. The van der Waals surface area contributed by atoms with Crippen LogP contribution in [0.25, 0.3) is 0 Å². The fourth-order valence-electron chi connectivity index (χ4n) is 3.51. The summed E-state index contributed by atoms with van der Waals surface area (Å²) in [5.74, 6) is -0.509. The van der Waals surface area contributed by atoms with E-state index < -0.39 is 11.6 Å². The summed E-state index contributed by atoms with van der Waals surface area (Å²) in [6.07, 6.45) is 0.387. The van der Waals surface area contributed by atoms with E-state index in [0.29, 0.717) is 55.5 Å². The number of nitrogens with zero attached hydrogens (tertiary/aromatic N) is 1. The Morgan fingerprint density at radius 1 is 1.14 bits per heavy atom. The molecule has 0 N–H and O–H groups in total. The second-order valence-electron chi connectivity index (χ2n) is 6.72. The number of rotatable bonds is 4. The number of carbonyl (C=O) groups is 1. The van der Waals surface area contributed by atoms with E-state index in [1.165, 1.54) is 13.2 Å². The van der Waals surface area contributed by atoms with Gasteiger partial charge >= 0.3 is 0 Å². The van der Waals surface area contributed by atoms with Crippen LogP contribution < -0.4 is 14.2 Å². The molecule has 0 saturated carbocycles. The van der Waals surface area contributed by atoms with E-state index in [-0.39, 0.29) is 11.5 Å². The van der Waals surface area contributed by atoms with Gasteiger partial charge in [0, 0.05) is 31.1 Å². The maximum atomic E-state index is 14.7. The third-order valence-electron chi connectivity index (χ3n) is 5.09. The molecule has 1 fully saturated rings. The van der Waals surface area contributed by atoms with Crippen LogP contribution in [0, 0.1) is 5.82 Å². The Bertz CT molecular complexity index is 896. The van der Waals surface area contributed by atoms with Crippen LogP contribution in [0.4, 0.5) is 4.39 Å². The molecule has 1 atom stereocenters. The fraction of sp³-hybridized carbons (Fsp3) is 0.381. The van der Waals surface area contributed by atoms with Crippen molar-refractivity contribution in [2.45, 2.75) is 19.1 Å². The second-order valence-corrected chi connectivity index (χ2v) is 6.72. The van der Waals surface area contributed by atoms with Crippen molar-refractivity contribution in [1.29, 1.82) is 0 Å². The lowest BCUT2D eigenvalue weighted by Crippen LogP contribution is -2.40. The topological polar surface area (TPSA) is 57.2 Å². The van der Waals surface area contributed by atoms with Crippen molar-refractivity contribution in [2.24, 2.45) is 0 Å². The molecule has 2 heterocycles. The Hall–Kier alpha value is -2.80. The van der Waals surface area contributed by atoms with Crippen LogP contribution >= 0.6 is 0 Å². The quantitative estimate of drug-likeness (QED) is 0.805. The van der Waals surface area contributed by atoms with Crippen molar-refractivity contribution in [2.75, 3.05) is 33.4 Å². The highest BCUT2D eigenvalue weighted by Crippen LogP contribution is 2.47. The molecule has 28 heavy (non-hydrogen) atoms. The van der Waals surface area contributed by atoms with Crippen molar-refractivity contribution in [1.82, 2.24) is 4.90 Å². The Kier molecular flexibility index (Phi) is 4.85. The van der Waals surface area contributed by atoms with Gasteiger partial charge in [0.05, 0.1) is 25.9 Å². The standard InChI is InChI=1S/C21H22FNO5/c1-3-21(16-6-5-15(25-2)13-17(16)22)27-18-7-4-14(12-19(18)28-21)20(24)23-8-10-26-11-9-23/h4-7,12-13H,3,8-11H2,1-2H3. The van der Waals surface area contributed by atoms with Crippen LogP contribution in [0.15, 0.2) is 36.4 Å². The van der Waals surface area contributed by atoms with Crippen LogP contribution in [0.3, 0.4) is 0 Å². The van der Waals surface area contributed by atoms with Gasteiger partial charge in [0.2, 0.25) is 0 Å². The molecule has 4 rings (SSSR count). The van der Waals surface area contributed by atoms with Gasteiger partial charge in [-0.1, -0.05) is 6.92 Å². The van der Waals surface area contributed by atoms with E-state index in [2.05, 4.69) is 0 Å². The van der Waals surface area contributed by atoms with Gasteiger partial charge in [0.25, 0.3) is 11.7 Å². The molecule has 0 bridgehead atoms. The number of fused-ring (bicyclic) bond motifs is 1. The molecule has 2 aromatic carbocycles. The Morgan fingerprint density at radius 3 is 2.57 bits per heavy atom. The fourth-order valence-corrected chi connectivity index (χ4v) is 3.51. The molecule has 2 aliphatic heterocycles. The van der Waals surface area contributed by atoms with Crippen molar-refractivity contribution < 1.29 is 28.1 Å². The van der Waals surface area contributed by atoms with Crippen LogP contribution in [-0.2, 0) is 10.5 Å². The third kappa shape index (κ3) is 3.16. The summed E-state index contributed by atoms with van der Waals surface area (Å²) >= 11 is 0. The van der Waals surface area contributed by atoms with E-state index in [1.54, 1.807) is 35.2 Å². The Morgan fingerprint density at radius 2 is 1.89 bits per heavy atom. The lowest BCUT2D eigenvalue weighted by atomic mass is 10.0. The first-order valence-electron chi connectivity index (χ1n) is 9.29. The summed E-state index contributed by atoms with van der Waals surface area (Å²) in [4.78, 5) is 14.5. The predicted molar refractivity (Wildman–Crippen MR) is 99.3 cm³/mol. The van der Waals surface area contributed by atoms with Crippen LogP contribution in [0.1, 0.15) is 29.3 Å². The molecule has 6 nitrogen and oxygen atoms in total. The zero-order chi connectivity index (χ0) is 19.7. The first kappa shape index (κ1) is 18.6. The predicted octanol–water partition coefficient (Wildman–Crippen LogP) is 3.34. The average molecular weight is 387 g/mol. The van der Waals surface area contributed by atoms with Gasteiger partial charge in [-0.2, -0.15) is 0 Å². The third-order valence-corrected chi connectivity index (χ3v) is 5.09. The molecule has 148 valence electrons. The maximum absolute atomic E-state index is 14.7. The van der Waals surface area contributed by atoms with E-state index in [0.717, 1.165) is 0 Å². The smallest absolute Gasteiger partial charge is 0.280 e. The number of morpholine rings is 1. The maximum Gasteiger partial charge on any atom is 0.280 e. The summed E-state index contributed by atoms with van der Waals surface area (Å²) in [6.45, 7) is 4.04. The van der Waals surface area contributed by atoms with Crippen LogP contribution in [0.2, 0.25) is 0 Å². The van der Waals surface area contributed by atoms with Gasteiger partial charge < -0.3 is 23.8 Å². The van der Waals surface area contributed by atoms with Crippen LogP contribution in [-0.4, -0.2) is 44.2 Å². The molecule has 7 heteroatoms. The first-order chi connectivity index (χ1) is 13.6. The van der Waals surface area contributed by atoms with Crippen molar-refractivity contribution >= 4 is 5.91 Å². The molecule has 0 aliphatic carbocycles. The molecule has 0 radical (unpaired) electrons. The molecule has 0 spiro atoms. The molecule has 2 aromatic rings. The van der Waals surface area contributed by atoms with Crippen molar-refractivity contribution in [3.63, 3.8) is 0 Å². The van der Waals surface area contributed by atoms with Crippen molar-refractivity contribution in [3.05, 3.63) is 53.3 Å². The number of ether oxygens (including phenoxy) is 4. The van der Waals surface area contributed by atoms with Gasteiger partial charge in [-0.25, -0.2) is 4.39 Å². The summed E-state index contributed by atoms with van der Waals surface area (Å²) in [6, 6.07) is 9.63. The monoisotopic (exact) mass is 387 g/mol. The van der Waals surface area contributed by atoms with Gasteiger partial charge in [-0.05, 0) is 30.3 Å². The van der Waals surface area contributed by atoms with Gasteiger partial charge in [0.15, 0.2) is 11.5 Å². The van der Waals surface area contributed by atoms with E-state index in [4.69, 9.17) is 18.9 Å². The highest BCUT2D eigenvalue weighted by Gasteiger charge is 2.44. The summed E-state index contributed by atoms with van der Waals surface area (Å²) < 4.78 is 37.1. The zero-order valence-corrected chi connectivity index (χ0v) is 15.9. The normalized spacial score (nSPS) is 20.9. The number of hydrogen-bond donors (Lipinski definition) is 0. The van der Waals surface area contributed by atoms with Gasteiger partial charge in [0.1, 0.15) is 11.6 Å². The van der Waals surface area contributed by atoms with Gasteiger partial charge in [-0.3, -0.25) is 4.79 Å². The Balaban J connectivity index is 1.62. The highest BCUT2D eigenvalue weighted by atomic mass is 19.1. The summed E-state index contributed by atoms with van der Waals surface area (Å²) in [5, 5.41) is 0. The zero-order valence-electron chi connectivity index (χ0n) is 15.9. The minimum atomic E-state index is -1.28. The number of halogens is 1. The molecule has 0 aromatic heterocycles. The molecule has 1 amide bonds.